The fraction of sp³-hybridized carbons (Fsp3) is 0.143. The van der Waals surface area contributed by atoms with Gasteiger partial charge in [0.15, 0.2) is 0 Å². The van der Waals surface area contributed by atoms with E-state index in [0.717, 1.165) is 5.56 Å². The van der Waals surface area contributed by atoms with Crippen LogP contribution >= 0.6 is 0 Å². The van der Waals surface area contributed by atoms with Gasteiger partial charge in [-0.15, -0.1) is 0 Å². The molecule has 2 rings (SSSR count). The molecule has 0 bridgehead atoms. The first-order chi connectivity index (χ1) is 9.08. The number of rotatable bonds is 4. The number of benzene rings is 1. The van der Waals surface area contributed by atoms with Crippen LogP contribution in [0.15, 0.2) is 36.5 Å². The number of carbonyl (C=O) groups is 1. The number of nitrogen functional groups attached to an aromatic ring is 1. The van der Waals surface area contributed by atoms with E-state index in [4.69, 9.17) is 10.8 Å². The molecule has 1 aromatic carbocycles. The van der Waals surface area contributed by atoms with Crippen LogP contribution in [0, 0.1) is 6.92 Å². The van der Waals surface area contributed by atoms with Gasteiger partial charge in [-0.1, -0.05) is 29.8 Å². The Labute approximate surface area is 111 Å². The maximum Gasteiger partial charge on any atom is 0.337 e. The van der Waals surface area contributed by atoms with Crippen LogP contribution in [0.3, 0.4) is 0 Å². The number of nitrogens with two attached hydrogens (primary N) is 1. The Morgan fingerprint density at radius 2 is 2.00 bits per heavy atom. The summed E-state index contributed by atoms with van der Waals surface area (Å²) >= 11 is 0. The summed E-state index contributed by atoms with van der Waals surface area (Å²) in [6.45, 7) is 2.56. The van der Waals surface area contributed by atoms with Gasteiger partial charge < -0.3 is 16.2 Å². The third kappa shape index (κ3) is 3.01. The van der Waals surface area contributed by atoms with Crippen LogP contribution in [-0.2, 0) is 6.54 Å². The summed E-state index contributed by atoms with van der Waals surface area (Å²) < 4.78 is 0. The van der Waals surface area contributed by atoms with Gasteiger partial charge in [0, 0.05) is 12.7 Å². The van der Waals surface area contributed by atoms with Gasteiger partial charge in [-0.05, 0) is 18.6 Å². The molecule has 1 heterocycles. The lowest BCUT2D eigenvalue weighted by Gasteiger charge is -2.10. The summed E-state index contributed by atoms with van der Waals surface area (Å²) in [6.07, 6.45) is 1.43. The lowest BCUT2D eigenvalue weighted by Crippen LogP contribution is -2.09. The summed E-state index contributed by atoms with van der Waals surface area (Å²) in [6, 6.07) is 9.41. The molecule has 5 heteroatoms. The Balaban J connectivity index is 2.13. The van der Waals surface area contributed by atoms with Gasteiger partial charge in [-0.25, -0.2) is 9.78 Å². The molecule has 0 saturated heterocycles. The fourth-order valence-electron chi connectivity index (χ4n) is 1.69. The molecule has 0 fully saturated rings. The van der Waals surface area contributed by atoms with E-state index < -0.39 is 5.97 Å². The highest BCUT2D eigenvalue weighted by Crippen LogP contribution is 2.20. The number of carboxylic acids is 1. The first kappa shape index (κ1) is 12.9. The highest BCUT2D eigenvalue weighted by molar-refractivity contribution is 5.96. The highest BCUT2D eigenvalue weighted by Gasteiger charge is 2.11. The van der Waals surface area contributed by atoms with Crippen molar-refractivity contribution in [3.63, 3.8) is 0 Å². The zero-order chi connectivity index (χ0) is 13.8. The number of nitrogens with one attached hydrogen (secondary N) is 1. The molecule has 2 aromatic rings. The first-order valence-corrected chi connectivity index (χ1v) is 5.85. The quantitative estimate of drug-likeness (QED) is 0.782. The van der Waals surface area contributed by atoms with Gasteiger partial charge in [0.2, 0.25) is 0 Å². The minimum absolute atomic E-state index is 0.0569. The van der Waals surface area contributed by atoms with E-state index in [1.54, 1.807) is 0 Å². The molecule has 4 N–H and O–H groups in total. The Morgan fingerprint density at radius 1 is 1.32 bits per heavy atom. The normalized spacial score (nSPS) is 10.2. The molecule has 0 aliphatic rings. The van der Waals surface area contributed by atoms with Gasteiger partial charge in [0.05, 0.1) is 11.3 Å². The lowest BCUT2D eigenvalue weighted by atomic mass is 10.1. The Bertz CT molecular complexity index is 594. The lowest BCUT2D eigenvalue weighted by molar-refractivity contribution is 0.0698. The van der Waals surface area contributed by atoms with Gasteiger partial charge in [0.1, 0.15) is 5.82 Å². The third-order valence-corrected chi connectivity index (χ3v) is 2.80. The predicted octanol–water partition coefficient (Wildman–Crippen LogP) is 2.28. The molecule has 0 spiro atoms. The van der Waals surface area contributed by atoms with Gasteiger partial charge >= 0.3 is 5.97 Å². The average Bonchev–Trinajstić information content (AvgIpc) is 2.39. The molecule has 98 valence electrons. The van der Waals surface area contributed by atoms with Crippen molar-refractivity contribution in [2.45, 2.75) is 13.5 Å². The maximum absolute atomic E-state index is 11.0. The second-order valence-electron chi connectivity index (χ2n) is 4.27. The third-order valence-electron chi connectivity index (χ3n) is 2.80. The molecule has 5 nitrogen and oxygen atoms in total. The van der Waals surface area contributed by atoms with Gasteiger partial charge in [-0.3, -0.25) is 0 Å². The van der Waals surface area contributed by atoms with E-state index in [1.165, 1.54) is 17.8 Å². The summed E-state index contributed by atoms with van der Waals surface area (Å²) in [5, 5.41) is 12.0. The second kappa shape index (κ2) is 5.39. The molecule has 0 amide bonds. The van der Waals surface area contributed by atoms with Crippen LogP contribution in [0.5, 0.6) is 0 Å². The van der Waals surface area contributed by atoms with Crippen molar-refractivity contribution in [2.24, 2.45) is 0 Å². The predicted molar refractivity (Wildman–Crippen MR) is 74.1 cm³/mol. The number of aromatic nitrogens is 1. The largest absolute Gasteiger partial charge is 0.478 e. The van der Waals surface area contributed by atoms with Crippen LogP contribution in [0.4, 0.5) is 11.5 Å². The molecular formula is C14H15N3O2. The summed E-state index contributed by atoms with van der Waals surface area (Å²) in [5.41, 5.74) is 8.24. The zero-order valence-electron chi connectivity index (χ0n) is 10.6. The molecule has 0 saturated carbocycles. The average molecular weight is 257 g/mol. The number of pyridine rings is 1. The number of aromatic carboxylic acids is 1. The van der Waals surface area contributed by atoms with E-state index in [9.17, 15) is 4.79 Å². The molecule has 0 unspecified atom stereocenters. The van der Waals surface area contributed by atoms with Crippen molar-refractivity contribution >= 4 is 17.5 Å². The van der Waals surface area contributed by atoms with E-state index in [1.807, 2.05) is 31.2 Å². The minimum Gasteiger partial charge on any atom is -0.478 e. The zero-order valence-corrected chi connectivity index (χ0v) is 10.6. The number of carboxylic acid groups (broad SMARTS) is 1. The van der Waals surface area contributed by atoms with E-state index in [-0.39, 0.29) is 11.3 Å². The Kier molecular flexibility index (Phi) is 3.66. The standard InChI is InChI=1S/C14H15N3O2/c1-9-2-4-10(5-3-9)8-17-13-12(15)11(14(18)19)6-7-16-13/h2-7H,8,15H2,1H3,(H,16,17)(H,18,19). The molecule has 0 aliphatic heterocycles. The summed E-state index contributed by atoms with van der Waals surface area (Å²) in [7, 11) is 0. The topological polar surface area (TPSA) is 88.2 Å². The molecule has 1 aromatic heterocycles. The van der Waals surface area contributed by atoms with Crippen molar-refractivity contribution in [1.29, 1.82) is 0 Å². The van der Waals surface area contributed by atoms with Crippen molar-refractivity contribution in [3.05, 3.63) is 53.2 Å². The Morgan fingerprint density at radius 3 is 2.63 bits per heavy atom. The van der Waals surface area contributed by atoms with Gasteiger partial charge in [0.25, 0.3) is 0 Å². The SMILES string of the molecule is Cc1ccc(CNc2nccc(C(=O)O)c2N)cc1. The van der Waals surface area contributed by atoms with Crippen LogP contribution in [0.1, 0.15) is 21.5 Å². The van der Waals surface area contributed by atoms with Crippen LogP contribution in [-0.4, -0.2) is 16.1 Å². The molecule has 0 aliphatic carbocycles. The van der Waals surface area contributed by atoms with Crippen molar-refractivity contribution < 1.29 is 9.90 Å². The number of hydrogen-bond acceptors (Lipinski definition) is 4. The first-order valence-electron chi connectivity index (χ1n) is 5.85. The Hall–Kier alpha value is -2.56. The minimum atomic E-state index is -1.06. The van der Waals surface area contributed by atoms with Crippen LogP contribution in [0.25, 0.3) is 0 Å². The molecular weight excluding hydrogens is 242 g/mol. The number of aryl methyl sites for hydroxylation is 1. The summed E-state index contributed by atoms with van der Waals surface area (Å²) in [5.74, 6) is -0.668. The smallest absolute Gasteiger partial charge is 0.337 e. The fourth-order valence-corrected chi connectivity index (χ4v) is 1.69. The second-order valence-corrected chi connectivity index (χ2v) is 4.27. The number of anilines is 2. The maximum atomic E-state index is 11.0. The summed E-state index contributed by atoms with van der Waals surface area (Å²) in [4.78, 5) is 15.0. The van der Waals surface area contributed by atoms with E-state index >= 15 is 0 Å². The monoisotopic (exact) mass is 257 g/mol. The highest BCUT2D eigenvalue weighted by atomic mass is 16.4. The van der Waals surface area contributed by atoms with Crippen molar-refractivity contribution in [3.8, 4) is 0 Å². The van der Waals surface area contributed by atoms with Crippen molar-refractivity contribution in [2.75, 3.05) is 11.1 Å². The molecule has 0 radical (unpaired) electrons. The van der Waals surface area contributed by atoms with Gasteiger partial charge in [-0.2, -0.15) is 0 Å². The number of nitrogens with zero attached hydrogens (tertiary/aromatic N) is 1. The van der Waals surface area contributed by atoms with E-state index in [2.05, 4.69) is 10.3 Å². The van der Waals surface area contributed by atoms with Crippen molar-refractivity contribution in [1.82, 2.24) is 4.98 Å². The molecule has 19 heavy (non-hydrogen) atoms. The number of hydrogen-bond donors (Lipinski definition) is 3. The van der Waals surface area contributed by atoms with E-state index in [0.29, 0.717) is 12.4 Å². The van der Waals surface area contributed by atoms with Crippen LogP contribution < -0.4 is 11.1 Å². The molecule has 0 atom stereocenters. The van der Waals surface area contributed by atoms with Crippen LogP contribution in [0.2, 0.25) is 0 Å².